The lowest BCUT2D eigenvalue weighted by Crippen LogP contribution is -2.46. The summed E-state index contributed by atoms with van der Waals surface area (Å²) in [5.41, 5.74) is 1.41. The van der Waals surface area contributed by atoms with Crippen molar-refractivity contribution in [3.05, 3.63) is 35.9 Å². The van der Waals surface area contributed by atoms with E-state index >= 15 is 0 Å². The average molecular weight is 211 g/mol. The van der Waals surface area contributed by atoms with Crippen LogP contribution in [0.15, 0.2) is 30.3 Å². The number of nitrogens with one attached hydrogen (secondary N) is 1. The Morgan fingerprint density at radius 1 is 1.08 bits per heavy atom. The predicted molar refractivity (Wildman–Crippen MR) is 65.8 cm³/mol. The molecule has 12 heavy (non-hydrogen) atoms. The minimum absolute atomic E-state index is 0.621. The molecule has 66 valence electrons. The van der Waals surface area contributed by atoms with Crippen molar-refractivity contribution in [1.82, 2.24) is 5.32 Å². The molecule has 0 radical (unpaired) electrons. The second kappa shape index (κ2) is 4.18. The first-order valence-electron chi connectivity index (χ1n) is 4.37. The minimum atomic E-state index is 0.621. The topological polar surface area (TPSA) is 12.0 Å². The lowest BCUT2D eigenvalue weighted by Gasteiger charge is -2.20. The van der Waals surface area contributed by atoms with Crippen molar-refractivity contribution in [3.63, 3.8) is 0 Å². The number of hydrogen-bond acceptors (Lipinski definition) is 1. The Kier molecular flexibility index (Phi) is 3.45. The predicted octanol–water partition coefficient (Wildman–Crippen LogP) is -2.52. The fourth-order valence-corrected chi connectivity index (χ4v) is 1.49. The van der Waals surface area contributed by atoms with E-state index in [0.717, 1.165) is 6.54 Å². The molecule has 0 unspecified atom stereocenters. The molecule has 1 aromatic rings. The summed E-state index contributed by atoms with van der Waals surface area (Å²) in [6.07, 6.45) is 0. The summed E-state index contributed by atoms with van der Waals surface area (Å²) >= 11 is 0. The van der Waals surface area contributed by atoms with Gasteiger partial charge in [-0.1, -0.05) is 30.3 Å². The van der Waals surface area contributed by atoms with Gasteiger partial charge in [0.25, 0.3) is 0 Å². The maximum Gasteiger partial charge on any atom is 0.0200 e. The molecular formula is C8H17NSi3. The second-order valence-corrected chi connectivity index (χ2v) is 17.6. The standard InChI is InChI=1S/C8H17NSi3/c10-8(11,12)9-6-7-4-2-1-3-5-7/h1-5,9H,6H2,10-12H3. The molecule has 0 amide bonds. The van der Waals surface area contributed by atoms with Crippen LogP contribution >= 0.6 is 0 Å². The molecule has 1 aromatic carbocycles. The quantitative estimate of drug-likeness (QED) is 0.545. The summed E-state index contributed by atoms with van der Waals surface area (Å²) in [6.45, 7) is 1.05. The molecule has 0 spiro atoms. The lowest BCUT2D eigenvalue weighted by molar-refractivity contribution is 0.715. The fraction of sp³-hybridized carbons (Fsp3) is 0.250. The molecule has 1 nitrogen and oxygen atoms in total. The van der Waals surface area contributed by atoms with Gasteiger partial charge in [-0.25, -0.2) is 0 Å². The zero-order valence-corrected chi connectivity index (χ0v) is 14.1. The first-order chi connectivity index (χ1) is 5.58. The normalized spacial score (nSPS) is 16.3. The van der Waals surface area contributed by atoms with Crippen LogP contribution in [0.3, 0.4) is 0 Å². The van der Waals surface area contributed by atoms with Crippen molar-refractivity contribution in [3.8, 4) is 0 Å². The Balaban J connectivity index is 2.44. The first-order valence-corrected chi connectivity index (χ1v) is 7.37. The molecule has 0 heterocycles. The number of benzene rings is 1. The van der Waals surface area contributed by atoms with E-state index < -0.39 is 0 Å². The summed E-state index contributed by atoms with van der Waals surface area (Å²) in [5, 5.41) is 3.62. The second-order valence-electron chi connectivity index (χ2n) is 4.09. The summed E-state index contributed by atoms with van der Waals surface area (Å²) < 4.78 is 0.621. The Bertz CT molecular complexity index is 230. The van der Waals surface area contributed by atoms with Crippen molar-refractivity contribution in [2.75, 3.05) is 0 Å². The van der Waals surface area contributed by atoms with Crippen LogP contribution in [0, 0.1) is 0 Å². The highest BCUT2D eigenvalue weighted by molar-refractivity contribution is 6.59. The SMILES string of the molecule is [SiH3]C([SiH3])([SiH3])NCc1ccccc1. The highest BCUT2D eigenvalue weighted by Gasteiger charge is 2.07. The van der Waals surface area contributed by atoms with Crippen LogP contribution in [0.2, 0.25) is 0 Å². The highest BCUT2D eigenvalue weighted by atomic mass is 28.3. The van der Waals surface area contributed by atoms with Crippen LogP contribution in [-0.4, -0.2) is 35.1 Å². The largest absolute Gasteiger partial charge is 0.318 e. The van der Waals surface area contributed by atoms with Crippen molar-refractivity contribution in [2.45, 2.75) is 11.0 Å². The van der Waals surface area contributed by atoms with E-state index in [4.69, 9.17) is 0 Å². The van der Waals surface area contributed by atoms with Crippen LogP contribution in [0.4, 0.5) is 0 Å². The Morgan fingerprint density at radius 3 is 2.17 bits per heavy atom. The molecule has 1 N–H and O–H groups in total. The van der Waals surface area contributed by atoms with Crippen LogP contribution in [-0.2, 0) is 6.54 Å². The number of hydrogen-bond donors (Lipinski definition) is 1. The van der Waals surface area contributed by atoms with E-state index in [2.05, 4.69) is 35.6 Å². The maximum atomic E-state index is 3.62. The van der Waals surface area contributed by atoms with E-state index in [9.17, 15) is 0 Å². The molecule has 0 aliphatic carbocycles. The Morgan fingerprint density at radius 2 is 1.67 bits per heavy atom. The van der Waals surface area contributed by atoms with Gasteiger partial charge in [0.15, 0.2) is 0 Å². The van der Waals surface area contributed by atoms with Gasteiger partial charge in [-0.3, -0.25) is 0 Å². The van der Waals surface area contributed by atoms with Gasteiger partial charge in [0, 0.05) is 37.3 Å². The van der Waals surface area contributed by atoms with Gasteiger partial charge in [-0.15, -0.1) is 0 Å². The lowest BCUT2D eigenvalue weighted by atomic mass is 10.2. The van der Waals surface area contributed by atoms with E-state index in [-0.39, 0.29) is 0 Å². The molecular weight excluding hydrogens is 194 g/mol. The van der Waals surface area contributed by atoms with Gasteiger partial charge in [-0.05, 0) is 9.97 Å². The minimum Gasteiger partial charge on any atom is -0.318 e. The highest BCUT2D eigenvalue weighted by Crippen LogP contribution is 1.98. The van der Waals surface area contributed by atoms with Gasteiger partial charge in [0.1, 0.15) is 0 Å². The third-order valence-electron chi connectivity index (χ3n) is 1.67. The molecule has 1 rings (SSSR count). The number of rotatable bonds is 3. The monoisotopic (exact) mass is 211 g/mol. The summed E-state index contributed by atoms with van der Waals surface area (Å²) in [5.74, 6) is 0. The van der Waals surface area contributed by atoms with Gasteiger partial charge in [0.2, 0.25) is 0 Å². The zero-order valence-electron chi connectivity index (χ0n) is 8.09. The summed E-state index contributed by atoms with van der Waals surface area (Å²) in [7, 11) is 3.90. The van der Waals surface area contributed by atoms with Crippen LogP contribution in [0.25, 0.3) is 0 Å². The van der Waals surface area contributed by atoms with Gasteiger partial charge in [-0.2, -0.15) is 0 Å². The van der Waals surface area contributed by atoms with Crippen molar-refractivity contribution < 1.29 is 0 Å². The third kappa shape index (κ3) is 4.01. The van der Waals surface area contributed by atoms with Crippen molar-refractivity contribution >= 4 is 30.7 Å². The van der Waals surface area contributed by atoms with Gasteiger partial charge >= 0.3 is 0 Å². The molecule has 0 bridgehead atoms. The molecule has 4 heteroatoms. The molecule has 0 fully saturated rings. The van der Waals surface area contributed by atoms with Crippen LogP contribution in [0.1, 0.15) is 5.56 Å². The molecule has 0 atom stereocenters. The summed E-state index contributed by atoms with van der Waals surface area (Å²) in [6, 6.07) is 10.6. The Labute approximate surface area is 83.2 Å². The van der Waals surface area contributed by atoms with E-state index in [1.807, 2.05) is 0 Å². The van der Waals surface area contributed by atoms with Crippen molar-refractivity contribution in [2.24, 2.45) is 0 Å². The smallest absolute Gasteiger partial charge is 0.0200 e. The van der Waals surface area contributed by atoms with Gasteiger partial charge in [0.05, 0.1) is 0 Å². The first kappa shape index (κ1) is 9.92. The van der Waals surface area contributed by atoms with Crippen LogP contribution in [0.5, 0.6) is 0 Å². The van der Waals surface area contributed by atoms with Gasteiger partial charge < -0.3 is 5.32 Å². The average Bonchev–Trinajstić information content (AvgIpc) is 2.02. The third-order valence-corrected chi connectivity index (χ3v) is 2.73. The van der Waals surface area contributed by atoms with E-state index in [0.29, 0.717) is 4.41 Å². The fourth-order valence-electron chi connectivity index (χ4n) is 0.963. The molecule has 0 aliphatic rings. The molecule has 0 aliphatic heterocycles. The molecule has 0 aromatic heterocycles. The Hall–Kier alpha value is -0.169. The summed E-state index contributed by atoms with van der Waals surface area (Å²) in [4.78, 5) is 0. The van der Waals surface area contributed by atoms with Crippen molar-refractivity contribution in [1.29, 1.82) is 0 Å². The van der Waals surface area contributed by atoms with E-state index in [1.54, 1.807) is 0 Å². The van der Waals surface area contributed by atoms with E-state index in [1.165, 1.54) is 36.3 Å². The molecule has 0 saturated heterocycles. The molecule has 0 saturated carbocycles. The van der Waals surface area contributed by atoms with Crippen LogP contribution < -0.4 is 5.32 Å². The maximum absolute atomic E-state index is 3.62. The zero-order chi connectivity index (χ0) is 9.03.